The summed E-state index contributed by atoms with van der Waals surface area (Å²) in [6.07, 6.45) is 4.34. The zero-order chi connectivity index (χ0) is 15.4. The highest BCUT2D eigenvalue weighted by Gasteiger charge is 2.27. The first kappa shape index (κ1) is 15.2. The first-order valence-electron chi connectivity index (χ1n) is 7.15. The largest absolute Gasteiger partial charge is 0.426 e. The number of allylic oxidation sites excluding steroid dienone is 2. The lowest BCUT2D eigenvalue weighted by Crippen LogP contribution is -2.18. The number of ether oxygens (including phenoxy) is 1. The number of carbonyl (C=O) groups excluding carboxylic acids is 3. The summed E-state index contributed by atoms with van der Waals surface area (Å²) >= 11 is 0. The summed E-state index contributed by atoms with van der Waals surface area (Å²) in [6.45, 7) is 3.66. The summed E-state index contributed by atoms with van der Waals surface area (Å²) in [4.78, 5) is 35.9. The van der Waals surface area contributed by atoms with Crippen LogP contribution in [-0.2, 0) is 4.79 Å². The number of rotatable bonds is 5. The van der Waals surface area contributed by atoms with Gasteiger partial charge in [-0.25, -0.2) is 0 Å². The van der Waals surface area contributed by atoms with Gasteiger partial charge in [0.1, 0.15) is 5.75 Å². The zero-order valence-electron chi connectivity index (χ0n) is 12.3. The second-order valence-corrected chi connectivity index (χ2v) is 5.13. The van der Waals surface area contributed by atoms with Crippen molar-refractivity contribution in [2.75, 3.05) is 0 Å². The average molecular weight is 286 g/mol. The molecule has 1 aromatic carbocycles. The Balaban J connectivity index is 2.23. The summed E-state index contributed by atoms with van der Waals surface area (Å²) in [7, 11) is 0. The highest BCUT2D eigenvalue weighted by Crippen LogP contribution is 2.29. The van der Waals surface area contributed by atoms with Crippen LogP contribution in [0.3, 0.4) is 0 Å². The van der Waals surface area contributed by atoms with Gasteiger partial charge in [-0.15, -0.1) is 0 Å². The summed E-state index contributed by atoms with van der Waals surface area (Å²) < 4.78 is 5.27. The first-order valence-corrected chi connectivity index (χ1v) is 7.15. The third-order valence-corrected chi connectivity index (χ3v) is 3.43. The molecule has 0 saturated heterocycles. The molecule has 2 rings (SSSR count). The molecule has 0 atom stereocenters. The molecule has 21 heavy (non-hydrogen) atoms. The van der Waals surface area contributed by atoms with Gasteiger partial charge in [-0.1, -0.05) is 31.9 Å². The molecule has 4 heteroatoms. The third kappa shape index (κ3) is 3.27. The van der Waals surface area contributed by atoms with Gasteiger partial charge >= 0.3 is 5.97 Å². The molecule has 0 aromatic heterocycles. The molecule has 1 aliphatic rings. The maximum absolute atomic E-state index is 12.1. The van der Waals surface area contributed by atoms with E-state index in [9.17, 15) is 14.4 Å². The SMILES string of the molecule is CCCCCC(=O)Oc1cccc2c1C(=O)C=C(C)C2=O. The second kappa shape index (κ2) is 6.48. The maximum atomic E-state index is 12.1. The van der Waals surface area contributed by atoms with Crippen LogP contribution in [0.4, 0.5) is 0 Å². The molecule has 0 N–H and O–H groups in total. The minimum absolute atomic E-state index is 0.177. The molecule has 1 aromatic rings. The molecule has 0 unspecified atom stereocenters. The molecule has 1 aliphatic carbocycles. The normalized spacial score (nSPS) is 13.7. The Bertz CT molecular complexity index is 626. The zero-order valence-corrected chi connectivity index (χ0v) is 12.3. The van der Waals surface area contributed by atoms with Crippen LogP contribution in [-0.4, -0.2) is 17.5 Å². The van der Waals surface area contributed by atoms with E-state index in [0.717, 1.165) is 19.3 Å². The van der Waals surface area contributed by atoms with Gasteiger partial charge < -0.3 is 4.74 Å². The number of fused-ring (bicyclic) bond motifs is 1. The third-order valence-electron chi connectivity index (χ3n) is 3.43. The lowest BCUT2D eigenvalue weighted by molar-refractivity contribution is -0.134. The Morgan fingerprint density at radius 2 is 1.95 bits per heavy atom. The number of hydrogen-bond donors (Lipinski definition) is 0. The van der Waals surface area contributed by atoms with E-state index in [1.807, 2.05) is 0 Å². The molecule has 110 valence electrons. The fourth-order valence-corrected chi connectivity index (χ4v) is 2.30. The Hall–Kier alpha value is -2.23. The highest BCUT2D eigenvalue weighted by atomic mass is 16.5. The Labute approximate surface area is 123 Å². The highest BCUT2D eigenvalue weighted by molar-refractivity contribution is 6.25. The Morgan fingerprint density at radius 3 is 2.67 bits per heavy atom. The molecule has 0 saturated carbocycles. The molecule has 0 spiro atoms. The van der Waals surface area contributed by atoms with E-state index in [1.54, 1.807) is 25.1 Å². The molecule has 0 radical (unpaired) electrons. The lowest BCUT2D eigenvalue weighted by atomic mass is 9.89. The van der Waals surface area contributed by atoms with Gasteiger partial charge in [-0.05, 0) is 25.5 Å². The van der Waals surface area contributed by atoms with E-state index < -0.39 is 0 Å². The van der Waals surface area contributed by atoms with Gasteiger partial charge in [0.15, 0.2) is 11.6 Å². The van der Waals surface area contributed by atoms with Gasteiger partial charge in [0, 0.05) is 17.6 Å². The summed E-state index contributed by atoms with van der Waals surface area (Å²) in [5.41, 5.74) is 0.898. The summed E-state index contributed by atoms with van der Waals surface area (Å²) in [6, 6.07) is 4.76. The van der Waals surface area contributed by atoms with Crippen molar-refractivity contribution in [3.05, 3.63) is 41.0 Å². The summed E-state index contributed by atoms with van der Waals surface area (Å²) in [5, 5.41) is 0. The smallest absolute Gasteiger partial charge is 0.311 e. The maximum Gasteiger partial charge on any atom is 0.311 e. The van der Waals surface area contributed by atoms with E-state index in [1.165, 1.54) is 6.08 Å². The predicted molar refractivity (Wildman–Crippen MR) is 78.6 cm³/mol. The standard InChI is InChI=1S/C17H18O4/c1-3-4-5-9-15(19)21-14-8-6-7-12-16(14)13(18)10-11(2)17(12)20/h6-8,10H,3-5,9H2,1-2H3. The van der Waals surface area contributed by atoms with E-state index in [-0.39, 0.29) is 28.8 Å². The van der Waals surface area contributed by atoms with Gasteiger partial charge in [0.05, 0.1) is 5.56 Å². The minimum atomic E-state index is -0.372. The van der Waals surface area contributed by atoms with Crippen LogP contribution in [0.2, 0.25) is 0 Å². The van der Waals surface area contributed by atoms with Crippen molar-refractivity contribution in [1.82, 2.24) is 0 Å². The molecule has 0 heterocycles. The number of carbonyl (C=O) groups is 3. The first-order chi connectivity index (χ1) is 10.0. The number of benzene rings is 1. The van der Waals surface area contributed by atoms with E-state index in [2.05, 4.69) is 6.92 Å². The van der Waals surface area contributed by atoms with E-state index >= 15 is 0 Å². The van der Waals surface area contributed by atoms with Crippen molar-refractivity contribution in [3.63, 3.8) is 0 Å². The number of hydrogen-bond acceptors (Lipinski definition) is 4. The molecule has 4 nitrogen and oxygen atoms in total. The van der Waals surface area contributed by atoms with Gasteiger partial charge in [-0.3, -0.25) is 14.4 Å². The number of unbranched alkanes of at least 4 members (excludes halogenated alkanes) is 2. The van der Waals surface area contributed by atoms with Crippen LogP contribution in [0.1, 0.15) is 60.2 Å². The van der Waals surface area contributed by atoms with E-state index in [4.69, 9.17) is 4.74 Å². The van der Waals surface area contributed by atoms with Crippen molar-refractivity contribution >= 4 is 17.5 Å². The number of Topliss-reactive ketones (excluding diaryl/α,β-unsaturated/α-hetero) is 1. The minimum Gasteiger partial charge on any atom is -0.426 e. The monoisotopic (exact) mass is 286 g/mol. The van der Waals surface area contributed by atoms with Crippen LogP contribution in [0.5, 0.6) is 5.75 Å². The Morgan fingerprint density at radius 1 is 1.19 bits per heavy atom. The fourth-order valence-electron chi connectivity index (χ4n) is 2.30. The van der Waals surface area contributed by atoms with Crippen LogP contribution in [0, 0.1) is 0 Å². The average Bonchev–Trinajstić information content (AvgIpc) is 2.45. The fraction of sp³-hybridized carbons (Fsp3) is 0.353. The quantitative estimate of drug-likeness (QED) is 0.472. The van der Waals surface area contributed by atoms with Crippen molar-refractivity contribution in [2.24, 2.45) is 0 Å². The topological polar surface area (TPSA) is 60.4 Å². The van der Waals surface area contributed by atoms with Crippen LogP contribution in [0.25, 0.3) is 0 Å². The van der Waals surface area contributed by atoms with E-state index in [0.29, 0.717) is 17.6 Å². The van der Waals surface area contributed by atoms with Crippen molar-refractivity contribution < 1.29 is 19.1 Å². The van der Waals surface area contributed by atoms with Crippen molar-refractivity contribution in [1.29, 1.82) is 0 Å². The second-order valence-electron chi connectivity index (χ2n) is 5.13. The number of esters is 1. The van der Waals surface area contributed by atoms with Crippen LogP contribution < -0.4 is 4.74 Å². The molecular formula is C17H18O4. The van der Waals surface area contributed by atoms with Crippen molar-refractivity contribution in [2.45, 2.75) is 39.5 Å². The molecular weight excluding hydrogens is 268 g/mol. The van der Waals surface area contributed by atoms with Gasteiger partial charge in [0.25, 0.3) is 0 Å². The Kier molecular flexibility index (Phi) is 4.68. The van der Waals surface area contributed by atoms with Crippen LogP contribution in [0.15, 0.2) is 29.8 Å². The summed E-state index contributed by atoms with van der Waals surface area (Å²) in [5.74, 6) is -0.688. The number of ketones is 2. The van der Waals surface area contributed by atoms with Crippen LogP contribution >= 0.6 is 0 Å². The predicted octanol–water partition coefficient (Wildman–Crippen LogP) is 3.50. The van der Waals surface area contributed by atoms with Crippen molar-refractivity contribution in [3.8, 4) is 5.75 Å². The van der Waals surface area contributed by atoms with Gasteiger partial charge in [0.2, 0.25) is 0 Å². The van der Waals surface area contributed by atoms with Gasteiger partial charge in [-0.2, -0.15) is 0 Å². The molecule has 0 amide bonds. The lowest BCUT2D eigenvalue weighted by Gasteiger charge is -2.16. The molecule has 0 aliphatic heterocycles. The molecule has 0 bridgehead atoms. The molecule has 0 fully saturated rings.